The number of aromatic nitrogens is 5. The predicted octanol–water partition coefficient (Wildman–Crippen LogP) is 3.68. The van der Waals surface area contributed by atoms with Crippen LogP contribution in [0.15, 0.2) is 40.6 Å². The number of benzene rings is 1. The van der Waals surface area contributed by atoms with Gasteiger partial charge in [0.05, 0.1) is 22.3 Å². The maximum absolute atomic E-state index is 12.1. The van der Waals surface area contributed by atoms with Crippen molar-refractivity contribution < 1.29 is 0 Å². The standard InChI is InChI=1S/C16H11Cl2N5OS/c1-9-19-15(10-2-3-12(17)13(18)6-10)23(21-9)8-11-7-14(24)22-4-5-25-16(22)20-11/h2-7H,8H2,1H3. The lowest BCUT2D eigenvalue weighted by atomic mass is 10.2. The highest BCUT2D eigenvalue weighted by Gasteiger charge is 2.13. The first-order valence-electron chi connectivity index (χ1n) is 7.34. The van der Waals surface area contributed by atoms with Crippen LogP contribution in [0.1, 0.15) is 11.5 Å². The van der Waals surface area contributed by atoms with Gasteiger partial charge >= 0.3 is 0 Å². The number of halogens is 2. The zero-order valence-corrected chi connectivity index (χ0v) is 15.3. The van der Waals surface area contributed by atoms with Gasteiger partial charge in [-0.15, -0.1) is 11.3 Å². The van der Waals surface area contributed by atoms with Gasteiger partial charge in [-0.1, -0.05) is 23.2 Å². The van der Waals surface area contributed by atoms with E-state index < -0.39 is 0 Å². The van der Waals surface area contributed by atoms with Gasteiger partial charge in [0, 0.05) is 23.2 Å². The van der Waals surface area contributed by atoms with Gasteiger partial charge < -0.3 is 0 Å². The van der Waals surface area contributed by atoms with Crippen LogP contribution in [-0.4, -0.2) is 24.1 Å². The van der Waals surface area contributed by atoms with E-state index in [2.05, 4.69) is 15.1 Å². The Bertz CT molecular complexity index is 1150. The average Bonchev–Trinajstić information content (AvgIpc) is 3.17. The first-order chi connectivity index (χ1) is 12.0. The molecule has 1 aromatic carbocycles. The van der Waals surface area contributed by atoms with Crippen LogP contribution in [0, 0.1) is 6.92 Å². The van der Waals surface area contributed by atoms with Crippen molar-refractivity contribution in [2.45, 2.75) is 13.5 Å². The van der Waals surface area contributed by atoms with Crippen LogP contribution in [0.2, 0.25) is 10.0 Å². The fourth-order valence-electron chi connectivity index (χ4n) is 2.54. The molecule has 0 aliphatic rings. The van der Waals surface area contributed by atoms with Crippen LogP contribution in [0.25, 0.3) is 16.3 Å². The summed E-state index contributed by atoms with van der Waals surface area (Å²) in [4.78, 5) is 21.8. The van der Waals surface area contributed by atoms with Crippen molar-refractivity contribution in [3.63, 3.8) is 0 Å². The Kier molecular flexibility index (Phi) is 4.07. The molecule has 0 amide bonds. The van der Waals surface area contributed by atoms with E-state index in [0.717, 1.165) is 5.56 Å². The Labute approximate surface area is 156 Å². The molecule has 0 aliphatic carbocycles. The van der Waals surface area contributed by atoms with Crippen molar-refractivity contribution >= 4 is 39.5 Å². The number of fused-ring (bicyclic) bond motifs is 1. The average molecular weight is 392 g/mol. The van der Waals surface area contributed by atoms with E-state index in [1.165, 1.54) is 21.8 Å². The molecule has 4 rings (SSSR count). The normalized spacial score (nSPS) is 11.3. The van der Waals surface area contributed by atoms with Gasteiger partial charge in [-0.3, -0.25) is 9.20 Å². The molecule has 0 aliphatic heterocycles. The summed E-state index contributed by atoms with van der Waals surface area (Å²) in [5.74, 6) is 1.26. The second-order valence-electron chi connectivity index (χ2n) is 5.41. The summed E-state index contributed by atoms with van der Waals surface area (Å²) in [5, 5.41) is 7.17. The third-order valence-corrected chi connectivity index (χ3v) is 5.12. The van der Waals surface area contributed by atoms with E-state index in [9.17, 15) is 4.79 Å². The van der Waals surface area contributed by atoms with Crippen LogP contribution >= 0.6 is 34.5 Å². The molecule has 6 nitrogen and oxygen atoms in total. The smallest absolute Gasteiger partial charge is 0.258 e. The monoisotopic (exact) mass is 391 g/mol. The topological polar surface area (TPSA) is 65.1 Å². The second kappa shape index (κ2) is 6.25. The molecular formula is C16H11Cl2N5OS. The SMILES string of the molecule is Cc1nc(-c2ccc(Cl)c(Cl)c2)n(Cc2cc(=O)n3ccsc3n2)n1. The Morgan fingerprint density at radius 1 is 1.16 bits per heavy atom. The molecule has 3 heterocycles. The summed E-state index contributed by atoms with van der Waals surface area (Å²) < 4.78 is 3.22. The largest absolute Gasteiger partial charge is 0.269 e. The predicted molar refractivity (Wildman–Crippen MR) is 98.7 cm³/mol. The fraction of sp³-hybridized carbons (Fsp3) is 0.125. The van der Waals surface area contributed by atoms with Crippen LogP contribution < -0.4 is 5.56 Å². The molecule has 0 radical (unpaired) electrons. The van der Waals surface area contributed by atoms with Crippen LogP contribution in [-0.2, 0) is 6.54 Å². The summed E-state index contributed by atoms with van der Waals surface area (Å²) >= 11 is 13.5. The quantitative estimate of drug-likeness (QED) is 0.534. The first-order valence-corrected chi connectivity index (χ1v) is 8.97. The third kappa shape index (κ3) is 3.06. The Hall–Kier alpha value is -2.22. The summed E-state index contributed by atoms with van der Waals surface area (Å²) in [5.41, 5.74) is 1.30. The van der Waals surface area contributed by atoms with Crippen molar-refractivity contribution in [2.24, 2.45) is 0 Å². The van der Waals surface area contributed by atoms with Gasteiger partial charge in [-0.25, -0.2) is 14.6 Å². The van der Waals surface area contributed by atoms with Crippen molar-refractivity contribution in [1.82, 2.24) is 24.1 Å². The first kappa shape index (κ1) is 16.3. The maximum atomic E-state index is 12.1. The van der Waals surface area contributed by atoms with E-state index in [1.807, 2.05) is 18.4 Å². The van der Waals surface area contributed by atoms with Gasteiger partial charge in [-0.05, 0) is 25.1 Å². The minimum atomic E-state index is -0.117. The third-order valence-electron chi connectivity index (χ3n) is 3.62. The number of rotatable bonds is 3. The molecule has 0 spiro atoms. The van der Waals surface area contributed by atoms with Gasteiger partial charge in [0.1, 0.15) is 5.82 Å². The Morgan fingerprint density at radius 2 is 2.00 bits per heavy atom. The Morgan fingerprint density at radius 3 is 2.80 bits per heavy atom. The highest BCUT2D eigenvalue weighted by molar-refractivity contribution is 7.15. The molecule has 25 heavy (non-hydrogen) atoms. The minimum absolute atomic E-state index is 0.117. The second-order valence-corrected chi connectivity index (χ2v) is 7.10. The molecule has 0 fully saturated rings. The van der Waals surface area contributed by atoms with Crippen molar-refractivity contribution in [3.05, 3.63) is 67.8 Å². The van der Waals surface area contributed by atoms with Gasteiger partial charge in [-0.2, -0.15) is 5.10 Å². The van der Waals surface area contributed by atoms with Crippen molar-refractivity contribution in [2.75, 3.05) is 0 Å². The number of aryl methyl sites for hydroxylation is 1. The lowest BCUT2D eigenvalue weighted by Crippen LogP contribution is -2.15. The number of hydrogen-bond acceptors (Lipinski definition) is 5. The van der Waals surface area contributed by atoms with E-state index in [-0.39, 0.29) is 5.56 Å². The van der Waals surface area contributed by atoms with Crippen LogP contribution in [0.5, 0.6) is 0 Å². The van der Waals surface area contributed by atoms with Crippen LogP contribution in [0.3, 0.4) is 0 Å². The molecule has 3 aromatic heterocycles. The zero-order valence-electron chi connectivity index (χ0n) is 13.0. The number of nitrogens with zero attached hydrogens (tertiary/aromatic N) is 5. The lowest BCUT2D eigenvalue weighted by Gasteiger charge is -2.07. The van der Waals surface area contributed by atoms with E-state index in [4.69, 9.17) is 23.2 Å². The van der Waals surface area contributed by atoms with E-state index in [0.29, 0.717) is 38.9 Å². The number of hydrogen-bond donors (Lipinski definition) is 0. The molecule has 0 saturated carbocycles. The van der Waals surface area contributed by atoms with Crippen LogP contribution in [0.4, 0.5) is 0 Å². The van der Waals surface area contributed by atoms with Gasteiger partial charge in [0.15, 0.2) is 10.8 Å². The molecule has 0 saturated heterocycles. The molecule has 4 aromatic rings. The molecule has 0 unspecified atom stereocenters. The zero-order chi connectivity index (χ0) is 17.6. The van der Waals surface area contributed by atoms with Crippen molar-refractivity contribution in [3.8, 4) is 11.4 Å². The molecule has 0 bridgehead atoms. The highest BCUT2D eigenvalue weighted by Crippen LogP contribution is 2.28. The molecule has 0 N–H and O–H groups in total. The lowest BCUT2D eigenvalue weighted by molar-refractivity contribution is 0.671. The summed E-state index contributed by atoms with van der Waals surface area (Å²) in [6, 6.07) is 6.80. The molecule has 126 valence electrons. The van der Waals surface area contributed by atoms with E-state index in [1.54, 1.807) is 23.0 Å². The van der Waals surface area contributed by atoms with E-state index >= 15 is 0 Å². The van der Waals surface area contributed by atoms with Gasteiger partial charge in [0.25, 0.3) is 5.56 Å². The summed E-state index contributed by atoms with van der Waals surface area (Å²) in [6.07, 6.45) is 1.71. The molecular weight excluding hydrogens is 381 g/mol. The fourth-order valence-corrected chi connectivity index (χ4v) is 3.57. The Balaban J connectivity index is 1.77. The molecule has 0 atom stereocenters. The highest BCUT2D eigenvalue weighted by atomic mass is 35.5. The summed E-state index contributed by atoms with van der Waals surface area (Å²) in [7, 11) is 0. The summed E-state index contributed by atoms with van der Waals surface area (Å²) in [6.45, 7) is 2.14. The minimum Gasteiger partial charge on any atom is -0.269 e. The van der Waals surface area contributed by atoms with Crippen molar-refractivity contribution in [1.29, 1.82) is 0 Å². The number of thiazole rings is 1. The van der Waals surface area contributed by atoms with Gasteiger partial charge in [0.2, 0.25) is 0 Å². The maximum Gasteiger partial charge on any atom is 0.258 e. The molecule has 9 heteroatoms.